The molecule has 0 bridgehead atoms. The van der Waals surface area contributed by atoms with Gasteiger partial charge in [0, 0.05) is 23.3 Å². The highest BCUT2D eigenvalue weighted by Gasteiger charge is 2.15. The summed E-state index contributed by atoms with van der Waals surface area (Å²) in [5.41, 5.74) is 2.12. The van der Waals surface area contributed by atoms with E-state index in [0.29, 0.717) is 24.3 Å². The minimum atomic E-state index is -0.899. The molecule has 1 heterocycles. The standard InChI is InChI=1S/C15H19N3O2S/c1-3-21-13-6-4-5-12(14(13)15(19)20)16-7-8-18-10-11(2)9-17-18/h4-6,9-10,16H,3,7-8H2,1-2H3,(H,19,20). The molecule has 2 aromatic rings. The number of hydrogen-bond donors (Lipinski definition) is 2. The van der Waals surface area contributed by atoms with Gasteiger partial charge in [0.1, 0.15) is 0 Å². The van der Waals surface area contributed by atoms with Gasteiger partial charge >= 0.3 is 5.97 Å². The number of carboxylic acids is 1. The van der Waals surface area contributed by atoms with Gasteiger partial charge in [-0.2, -0.15) is 5.10 Å². The van der Waals surface area contributed by atoms with Crippen molar-refractivity contribution in [2.75, 3.05) is 17.6 Å². The van der Waals surface area contributed by atoms with Gasteiger partial charge in [0.05, 0.1) is 18.3 Å². The van der Waals surface area contributed by atoms with Gasteiger partial charge in [-0.25, -0.2) is 4.79 Å². The Bertz CT molecular complexity index is 625. The molecule has 112 valence electrons. The predicted octanol–water partition coefficient (Wildman–Crippen LogP) is 3.11. The maximum atomic E-state index is 11.5. The number of rotatable bonds is 7. The second-order valence-corrected chi connectivity index (χ2v) is 5.93. The molecule has 1 aromatic heterocycles. The highest BCUT2D eigenvalue weighted by atomic mass is 32.2. The largest absolute Gasteiger partial charge is 0.478 e. The summed E-state index contributed by atoms with van der Waals surface area (Å²) in [6.07, 6.45) is 3.77. The zero-order valence-corrected chi connectivity index (χ0v) is 13.0. The van der Waals surface area contributed by atoms with Crippen LogP contribution in [0.3, 0.4) is 0 Å². The number of thioether (sulfide) groups is 1. The van der Waals surface area contributed by atoms with Crippen LogP contribution in [0.4, 0.5) is 5.69 Å². The third kappa shape index (κ3) is 4.01. The van der Waals surface area contributed by atoms with Crippen LogP contribution in [0.5, 0.6) is 0 Å². The fourth-order valence-electron chi connectivity index (χ4n) is 2.07. The molecule has 5 nitrogen and oxygen atoms in total. The number of nitrogens with one attached hydrogen (secondary N) is 1. The van der Waals surface area contributed by atoms with Crippen molar-refractivity contribution < 1.29 is 9.90 Å². The Labute approximate surface area is 128 Å². The van der Waals surface area contributed by atoms with Crippen molar-refractivity contribution in [3.63, 3.8) is 0 Å². The molecule has 0 atom stereocenters. The maximum absolute atomic E-state index is 11.5. The van der Waals surface area contributed by atoms with Gasteiger partial charge < -0.3 is 10.4 Å². The van der Waals surface area contributed by atoms with Crippen LogP contribution >= 0.6 is 11.8 Å². The molecule has 0 amide bonds. The second-order valence-electron chi connectivity index (χ2n) is 4.62. The first-order valence-electron chi connectivity index (χ1n) is 6.84. The van der Waals surface area contributed by atoms with E-state index >= 15 is 0 Å². The van der Waals surface area contributed by atoms with Crippen molar-refractivity contribution in [2.45, 2.75) is 25.3 Å². The topological polar surface area (TPSA) is 67.2 Å². The average Bonchev–Trinajstić information content (AvgIpc) is 2.85. The Hall–Kier alpha value is -1.95. The van der Waals surface area contributed by atoms with E-state index in [1.54, 1.807) is 12.3 Å². The van der Waals surface area contributed by atoms with Gasteiger partial charge in [0.25, 0.3) is 0 Å². The molecule has 0 aliphatic carbocycles. The van der Waals surface area contributed by atoms with Gasteiger partial charge in [0.2, 0.25) is 0 Å². The maximum Gasteiger partial charge on any atom is 0.338 e. The Morgan fingerprint density at radius 3 is 2.90 bits per heavy atom. The highest BCUT2D eigenvalue weighted by molar-refractivity contribution is 7.99. The van der Waals surface area contributed by atoms with E-state index in [9.17, 15) is 9.90 Å². The monoisotopic (exact) mass is 305 g/mol. The third-order valence-electron chi connectivity index (χ3n) is 2.96. The van der Waals surface area contributed by atoms with Crippen molar-refractivity contribution in [3.8, 4) is 0 Å². The van der Waals surface area contributed by atoms with Gasteiger partial charge in [-0.1, -0.05) is 13.0 Å². The highest BCUT2D eigenvalue weighted by Crippen LogP contribution is 2.28. The van der Waals surface area contributed by atoms with Crippen LogP contribution in [0.2, 0.25) is 0 Å². The number of benzene rings is 1. The van der Waals surface area contributed by atoms with E-state index in [4.69, 9.17) is 0 Å². The zero-order valence-electron chi connectivity index (χ0n) is 12.2. The average molecular weight is 305 g/mol. The Morgan fingerprint density at radius 1 is 1.48 bits per heavy atom. The Morgan fingerprint density at radius 2 is 2.29 bits per heavy atom. The molecule has 0 saturated carbocycles. The first-order valence-corrected chi connectivity index (χ1v) is 7.82. The molecule has 0 fully saturated rings. The van der Waals surface area contributed by atoms with E-state index in [2.05, 4.69) is 10.4 Å². The summed E-state index contributed by atoms with van der Waals surface area (Å²) in [5.74, 6) is -0.0555. The number of nitrogens with zero attached hydrogens (tertiary/aromatic N) is 2. The number of aromatic carboxylic acids is 1. The summed E-state index contributed by atoms with van der Waals surface area (Å²) in [6, 6.07) is 5.53. The zero-order chi connectivity index (χ0) is 15.2. The quantitative estimate of drug-likeness (QED) is 0.769. The van der Waals surface area contributed by atoms with Crippen LogP contribution < -0.4 is 5.32 Å². The van der Waals surface area contributed by atoms with Crippen LogP contribution in [0, 0.1) is 6.92 Å². The lowest BCUT2D eigenvalue weighted by Gasteiger charge is -2.12. The van der Waals surface area contributed by atoms with Crippen molar-refractivity contribution in [1.82, 2.24) is 9.78 Å². The van der Waals surface area contributed by atoms with Crippen molar-refractivity contribution in [2.24, 2.45) is 0 Å². The van der Waals surface area contributed by atoms with Crippen LogP contribution in [-0.2, 0) is 6.54 Å². The summed E-state index contributed by atoms with van der Waals surface area (Å²) >= 11 is 1.54. The van der Waals surface area contributed by atoms with Crippen LogP contribution in [0.15, 0.2) is 35.5 Å². The van der Waals surface area contributed by atoms with E-state index in [1.807, 2.05) is 36.9 Å². The normalized spacial score (nSPS) is 10.6. The molecule has 0 radical (unpaired) electrons. The van der Waals surface area contributed by atoms with Crippen LogP contribution in [0.1, 0.15) is 22.8 Å². The van der Waals surface area contributed by atoms with Crippen molar-refractivity contribution >= 4 is 23.4 Å². The SMILES string of the molecule is CCSc1cccc(NCCn2cc(C)cn2)c1C(=O)O. The molecule has 0 unspecified atom stereocenters. The number of carbonyl (C=O) groups is 1. The fraction of sp³-hybridized carbons (Fsp3) is 0.333. The van der Waals surface area contributed by atoms with Crippen molar-refractivity contribution in [1.29, 1.82) is 0 Å². The van der Waals surface area contributed by atoms with Crippen LogP contribution in [-0.4, -0.2) is 33.2 Å². The number of hydrogen-bond acceptors (Lipinski definition) is 4. The number of aromatic nitrogens is 2. The Kier molecular flexibility index (Phi) is 5.27. The molecular formula is C15H19N3O2S. The van der Waals surface area contributed by atoms with Gasteiger partial charge in [-0.3, -0.25) is 4.68 Å². The summed E-state index contributed by atoms with van der Waals surface area (Å²) in [7, 11) is 0. The van der Waals surface area contributed by atoms with E-state index in [0.717, 1.165) is 16.2 Å². The molecule has 6 heteroatoms. The molecule has 21 heavy (non-hydrogen) atoms. The smallest absolute Gasteiger partial charge is 0.338 e. The summed E-state index contributed by atoms with van der Waals surface area (Å²) in [6.45, 7) is 5.32. The molecule has 0 spiro atoms. The lowest BCUT2D eigenvalue weighted by Crippen LogP contribution is -2.13. The number of carboxylic acid groups (broad SMARTS) is 1. The lowest BCUT2D eigenvalue weighted by atomic mass is 10.2. The third-order valence-corrected chi connectivity index (χ3v) is 3.90. The Balaban J connectivity index is 2.08. The first kappa shape index (κ1) is 15.4. The minimum Gasteiger partial charge on any atom is -0.478 e. The molecule has 0 aliphatic rings. The molecule has 2 rings (SSSR count). The predicted molar refractivity (Wildman–Crippen MR) is 85.3 cm³/mol. The van der Waals surface area contributed by atoms with Gasteiger partial charge in [-0.15, -0.1) is 11.8 Å². The van der Waals surface area contributed by atoms with E-state index in [1.165, 1.54) is 11.8 Å². The van der Waals surface area contributed by atoms with Crippen LogP contribution in [0.25, 0.3) is 0 Å². The fourth-order valence-corrected chi connectivity index (χ4v) is 2.90. The van der Waals surface area contributed by atoms with Gasteiger partial charge in [0.15, 0.2) is 0 Å². The molecule has 1 aromatic carbocycles. The summed E-state index contributed by atoms with van der Waals surface area (Å²) in [5, 5.41) is 16.8. The molecule has 0 aliphatic heterocycles. The first-order chi connectivity index (χ1) is 10.1. The summed E-state index contributed by atoms with van der Waals surface area (Å²) < 4.78 is 1.84. The number of anilines is 1. The second kappa shape index (κ2) is 7.17. The van der Waals surface area contributed by atoms with E-state index < -0.39 is 5.97 Å². The van der Waals surface area contributed by atoms with Crippen molar-refractivity contribution in [3.05, 3.63) is 41.7 Å². The molecule has 2 N–H and O–H groups in total. The lowest BCUT2D eigenvalue weighted by molar-refractivity contribution is 0.0694. The minimum absolute atomic E-state index is 0.348. The van der Waals surface area contributed by atoms with Gasteiger partial charge in [-0.05, 0) is 30.4 Å². The molecule has 0 saturated heterocycles. The number of aryl methyl sites for hydroxylation is 1. The summed E-state index contributed by atoms with van der Waals surface area (Å²) in [4.78, 5) is 12.3. The van der Waals surface area contributed by atoms with E-state index in [-0.39, 0.29) is 0 Å². The molecular weight excluding hydrogens is 286 g/mol.